The first kappa shape index (κ1) is 18.0. The largest absolute Gasteiger partial charge is 0.236 e. The van der Waals surface area contributed by atoms with Crippen LogP contribution in [0.2, 0.25) is 0 Å². The molecule has 0 amide bonds. The minimum atomic E-state index is 0.773. The van der Waals surface area contributed by atoms with Gasteiger partial charge in [-0.3, -0.25) is 0 Å². The number of hydrogen-bond donors (Lipinski definition) is 1. The van der Waals surface area contributed by atoms with Crippen LogP contribution >= 0.6 is 12.6 Å². The summed E-state index contributed by atoms with van der Waals surface area (Å²) in [7, 11) is 0. The molecule has 1 heterocycles. The van der Waals surface area contributed by atoms with Crippen molar-refractivity contribution in [3.63, 3.8) is 0 Å². The standard InChI is InChI=1S/C20H28N2S/c1-3-5-7-9-16-11-12-18(19(23)13-16)20-21-14-17(15-22-20)10-8-6-4-2/h11-15,23H,3-10H2,1-2H3. The molecule has 1 aromatic heterocycles. The molecule has 124 valence electrons. The van der Waals surface area contributed by atoms with Gasteiger partial charge in [0.25, 0.3) is 0 Å². The van der Waals surface area contributed by atoms with E-state index in [1.165, 1.54) is 49.7 Å². The van der Waals surface area contributed by atoms with E-state index in [1.54, 1.807) is 0 Å². The Balaban J connectivity index is 2.03. The van der Waals surface area contributed by atoms with Gasteiger partial charge in [-0.2, -0.15) is 0 Å². The Morgan fingerprint density at radius 2 is 1.43 bits per heavy atom. The van der Waals surface area contributed by atoms with Crippen molar-refractivity contribution in [3.05, 3.63) is 41.7 Å². The second kappa shape index (κ2) is 9.71. The SMILES string of the molecule is CCCCCc1cnc(-c2ccc(CCCCC)cc2S)nc1. The molecule has 23 heavy (non-hydrogen) atoms. The minimum absolute atomic E-state index is 0.773. The zero-order valence-corrected chi connectivity index (χ0v) is 15.3. The van der Waals surface area contributed by atoms with Crippen LogP contribution in [0.4, 0.5) is 0 Å². The molecule has 0 aliphatic rings. The monoisotopic (exact) mass is 328 g/mol. The lowest BCUT2D eigenvalue weighted by Gasteiger charge is -2.08. The Morgan fingerprint density at radius 3 is 2.00 bits per heavy atom. The van der Waals surface area contributed by atoms with Crippen molar-refractivity contribution in [2.75, 3.05) is 0 Å². The number of aromatic nitrogens is 2. The van der Waals surface area contributed by atoms with E-state index in [-0.39, 0.29) is 0 Å². The van der Waals surface area contributed by atoms with E-state index in [4.69, 9.17) is 0 Å². The second-order valence-electron chi connectivity index (χ2n) is 6.18. The van der Waals surface area contributed by atoms with Gasteiger partial charge in [0.1, 0.15) is 0 Å². The summed E-state index contributed by atoms with van der Waals surface area (Å²) >= 11 is 4.64. The third kappa shape index (κ3) is 5.65. The number of hydrogen-bond acceptors (Lipinski definition) is 3. The molecule has 0 unspecified atom stereocenters. The predicted octanol–water partition coefficient (Wildman–Crippen LogP) is 5.90. The second-order valence-corrected chi connectivity index (χ2v) is 6.66. The fraction of sp³-hybridized carbons (Fsp3) is 0.500. The van der Waals surface area contributed by atoms with Gasteiger partial charge in [-0.1, -0.05) is 45.6 Å². The summed E-state index contributed by atoms with van der Waals surface area (Å²) in [6, 6.07) is 6.45. The van der Waals surface area contributed by atoms with Crippen LogP contribution in [-0.2, 0) is 12.8 Å². The van der Waals surface area contributed by atoms with Gasteiger partial charge in [0.2, 0.25) is 0 Å². The molecule has 0 aliphatic carbocycles. The molecule has 0 saturated carbocycles. The van der Waals surface area contributed by atoms with Gasteiger partial charge in [0.05, 0.1) is 0 Å². The Bertz CT molecular complexity index is 593. The van der Waals surface area contributed by atoms with Gasteiger partial charge < -0.3 is 0 Å². The summed E-state index contributed by atoms with van der Waals surface area (Å²) in [6.45, 7) is 4.45. The van der Waals surface area contributed by atoms with E-state index in [0.29, 0.717) is 0 Å². The molecule has 0 bridgehead atoms. The molecule has 1 aromatic carbocycles. The topological polar surface area (TPSA) is 25.8 Å². The first-order valence-corrected chi connectivity index (χ1v) is 9.32. The normalized spacial score (nSPS) is 10.9. The number of unbranched alkanes of at least 4 members (excludes halogenated alkanes) is 4. The van der Waals surface area contributed by atoms with Crippen LogP contribution in [0.25, 0.3) is 11.4 Å². The average Bonchev–Trinajstić information content (AvgIpc) is 2.56. The molecule has 2 nitrogen and oxygen atoms in total. The number of thiol groups is 1. The summed E-state index contributed by atoms with van der Waals surface area (Å²) in [5, 5.41) is 0. The van der Waals surface area contributed by atoms with Gasteiger partial charge >= 0.3 is 0 Å². The maximum Gasteiger partial charge on any atom is 0.160 e. The van der Waals surface area contributed by atoms with E-state index >= 15 is 0 Å². The highest BCUT2D eigenvalue weighted by atomic mass is 32.1. The first-order valence-electron chi connectivity index (χ1n) is 8.87. The van der Waals surface area contributed by atoms with Crippen molar-refractivity contribution in [1.29, 1.82) is 0 Å². The Morgan fingerprint density at radius 1 is 0.826 bits per heavy atom. The lowest BCUT2D eigenvalue weighted by Crippen LogP contribution is -1.95. The van der Waals surface area contributed by atoms with E-state index in [9.17, 15) is 0 Å². The van der Waals surface area contributed by atoms with Crippen LogP contribution in [-0.4, -0.2) is 9.97 Å². The summed E-state index contributed by atoms with van der Waals surface area (Å²) in [6.07, 6.45) is 13.6. The predicted molar refractivity (Wildman–Crippen MR) is 101 cm³/mol. The molecule has 2 rings (SSSR count). The van der Waals surface area contributed by atoms with Crippen LogP contribution in [0.5, 0.6) is 0 Å². The third-order valence-corrected chi connectivity index (χ3v) is 4.52. The Hall–Kier alpha value is -1.35. The molecule has 0 aliphatic heterocycles. The van der Waals surface area contributed by atoms with E-state index in [0.717, 1.165) is 29.1 Å². The summed E-state index contributed by atoms with van der Waals surface area (Å²) in [4.78, 5) is 10.0. The molecule has 0 saturated heterocycles. The molecule has 3 heteroatoms. The molecule has 0 atom stereocenters. The highest BCUT2D eigenvalue weighted by molar-refractivity contribution is 7.80. The van der Waals surface area contributed by atoms with E-state index in [2.05, 4.69) is 54.6 Å². The lowest BCUT2D eigenvalue weighted by atomic mass is 10.0. The van der Waals surface area contributed by atoms with Gasteiger partial charge in [-0.05, 0) is 48.9 Å². The number of benzene rings is 1. The lowest BCUT2D eigenvalue weighted by molar-refractivity contribution is 0.714. The molecular weight excluding hydrogens is 300 g/mol. The van der Waals surface area contributed by atoms with Crippen LogP contribution in [0, 0.1) is 0 Å². The summed E-state index contributed by atoms with van der Waals surface area (Å²) in [5.41, 5.74) is 3.59. The third-order valence-electron chi connectivity index (χ3n) is 4.15. The summed E-state index contributed by atoms with van der Waals surface area (Å²) < 4.78 is 0. The van der Waals surface area contributed by atoms with Crippen molar-refractivity contribution in [2.45, 2.75) is 70.1 Å². The Labute approximate surface area is 146 Å². The molecule has 0 radical (unpaired) electrons. The highest BCUT2D eigenvalue weighted by Gasteiger charge is 2.07. The van der Waals surface area contributed by atoms with Gasteiger partial charge in [-0.15, -0.1) is 12.6 Å². The smallest absolute Gasteiger partial charge is 0.160 e. The van der Waals surface area contributed by atoms with E-state index < -0.39 is 0 Å². The van der Waals surface area contributed by atoms with Gasteiger partial charge in [0.15, 0.2) is 5.82 Å². The van der Waals surface area contributed by atoms with Crippen LogP contribution in [0.3, 0.4) is 0 Å². The van der Waals surface area contributed by atoms with Crippen molar-refractivity contribution in [2.24, 2.45) is 0 Å². The van der Waals surface area contributed by atoms with Gasteiger partial charge in [-0.25, -0.2) is 9.97 Å². The number of aryl methyl sites for hydroxylation is 2. The zero-order valence-electron chi connectivity index (χ0n) is 14.4. The number of rotatable bonds is 9. The maximum atomic E-state index is 4.64. The fourth-order valence-electron chi connectivity index (χ4n) is 2.70. The van der Waals surface area contributed by atoms with Crippen molar-refractivity contribution >= 4 is 12.6 Å². The molecule has 0 N–H and O–H groups in total. The highest BCUT2D eigenvalue weighted by Crippen LogP contribution is 2.25. The molecular formula is C20H28N2S. The average molecular weight is 329 g/mol. The van der Waals surface area contributed by atoms with Crippen molar-refractivity contribution in [3.8, 4) is 11.4 Å². The first-order chi connectivity index (χ1) is 11.2. The van der Waals surface area contributed by atoms with Crippen LogP contribution < -0.4 is 0 Å². The van der Waals surface area contributed by atoms with Crippen LogP contribution in [0.15, 0.2) is 35.5 Å². The summed E-state index contributed by atoms with van der Waals surface area (Å²) in [5.74, 6) is 0.773. The van der Waals surface area contributed by atoms with Crippen molar-refractivity contribution in [1.82, 2.24) is 9.97 Å². The molecule has 0 fully saturated rings. The zero-order chi connectivity index (χ0) is 16.5. The Kier molecular flexibility index (Phi) is 7.60. The minimum Gasteiger partial charge on any atom is -0.236 e. The fourth-order valence-corrected chi connectivity index (χ4v) is 3.04. The van der Waals surface area contributed by atoms with Crippen molar-refractivity contribution < 1.29 is 0 Å². The quantitative estimate of drug-likeness (QED) is 0.458. The van der Waals surface area contributed by atoms with Gasteiger partial charge in [0, 0.05) is 22.9 Å². The maximum absolute atomic E-state index is 4.64. The molecule has 0 spiro atoms. The van der Waals surface area contributed by atoms with Crippen LogP contribution in [0.1, 0.15) is 63.5 Å². The van der Waals surface area contributed by atoms with E-state index in [1.807, 2.05) is 12.4 Å². The number of nitrogens with zero attached hydrogens (tertiary/aromatic N) is 2. The molecule has 2 aromatic rings.